The van der Waals surface area contributed by atoms with Crippen molar-refractivity contribution in [3.05, 3.63) is 153 Å². The average molecular weight is 1130 g/mol. The lowest BCUT2D eigenvalue weighted by Crippen LogP contribution is -2.56. The summed E-state index contributed by atoms with van der Waals surface area (Å²) in [4.78, 5) is 106. The van der Waals surface area contributed by atoms with Gasteiger partial charge < -0.3 is 76.2 Å². The number of aromatic hydroxyl groups is 2. The lowest BCUT2D eigenvalue weighted by molar-refractivity contribution is -0.249. The minimum Gasteiger partial charge on any atom is -0.507 e. The monoisotopic (exact) mass is 1130 g/mol. The van der Waals surface area contributed by atoms with E-state index in [9.17, 15) is 63.9 Å². The Morgan fingerprint density at radius 3 is 2.11 bits per heavy atom. The second-order valence-corrected chi connectivity index (χ2v) is 20.0. The fourth-order valence-electron chi connectivity index (χ4n) is 9.98. The van der Waals surface area contributed by atoms with Gasteiger partial charge >= 0.3 is 18.2 Å². The highest BCUT2D eigenvalue weighted by Gasteiger charge is 2.50. The van der Waals surface area contributed by atoms with Gasteiger partial charge in [-0.3, -0.25) is 29.3 Å². The zero-order chi connectivity index (χ0) is 58.8. The van der Waals surface area contributed by atoms with Crippen molar-refractivity contribution in [3.63, 3.8) is 0 Å². The fraction of sp³-hybridized carbons (Fsp3) is 0.345. The van der Waals surface area contributed by atoms with Crippen molar-refractivity contribution >= 4 is 53.1 Å². The predicted octanol–water partition coefficient (Wildman–Crippen LogP) is 3.38. The number of anilines is 1. The molecule has 1 aliphatic heterocycles. The number of rotatable bonds is 20. The summed E-state index contributed by atoms with van der Waals surface area (Å²) in [7, 11) is 1.29. The summed E-state index contributed by atoms with van der Waals surface area (Å²) < 4.78 is 28.2. The molecule has 0 bridgehead atoms. The highest BCUT2D eigenvalue weighted by molar-refractivity contribution is 6.31. The van der Waals surface area contributed by atoms with E-state index in [-0.39, 0.29) is 73.4 Å². The van der Waals surface area contributed by atoms with Crippen LogP contribution in [-0.2, 0) is 59.4 Å². The lowest BCUT2D eigenvalue weighted by Gasteiger charge is -2.42. The number of ketones is 3. The first kappa shape index (κ1) is 59.3. The number of methoxy groups -OCH3 is 1. The summed E-state index contributed by atoms with van der Waals surface area (Å²) in [6.45, 7) is 0.125. The van der Waals surface area contributed by atoms with E-state index in [1.165, 1.54) is 32.2 Å². The molecule has 2 aliphatic carbocycles. The number of hydrogen-bond donors (Lipinski definition) is 11. The first-order chi connectivity index (χ1) is 39.3. The van der Waals surface area contributed by atoms with Crippen LogP contribution in [0.5, 0.6) is 17.2 Å². The van der Waals surface area contributed by atoms with Crippen LogP contribution >= 0.6 is 0 Å². The maximum Gasteiger partial charge on any atom is 0.408 e. The second kappa shape index (κ2) is 26.2. The Bertz CT molecular complexity index is 3220. The van der Waals surface area contributed by atoms with Gasteiger partial charge in [0.1, 0.15) is 54.8 Å². The minimum absolute atomic E-state index is 0.0258. The SMILES string of the molecule is COc1cccc2c1C(=O)c1c(O)c3c(c(O)c1C2=O)C[C@@](O)(C(=O)CO)C[C@@H]3OC1CC(NC(=O)OCc2ccc(NC(=O)C(N)CCCNC(=O)NC(=O)[C@H](Cc3ccccc3)NC(=O)OCc3ccccc3)cc2)C(O)C(C)O1. The standard InChI is InChI=1S/C58H62N6O18/c1-30-48(67)38(24-43(81-30)82-41-26-58(77,42(66)27-65)25-36-45(41)52(71)47-46(50(36)69)49(68)35-15-9-17-40(78-2)44(35)51(47)70)62-56(75)80-29-33-18-20-34(21-19-33)61-53(72)37(59)16-10-22-60-55(74)64-54(73)39(23-31-11-5-3-6-12-31)63-57(76)79-28-32-13-7-4-8-14-32/h3-9,11-15,17-21,30,37-39,41,43,48,65,67,69,71,77H,10,16,22-29,59H2,1-2H3,(H,61,72)(H,62,75)(H,63,76)(H2,60,64,73,74)/t30?,37?,38?,39-,41-,43?,48?,58-/m0/s1. The number of benzene rings is 5. The van der Waals surface area contributed by atoms with Gasteiger partial charge in [0, 0.05) is 54.6 Å². The van der Waals surface area contributed by atoms with Crippen LogP contribution in [0.1, 0.15) is 98.4 Å². The van der Waals surface area contributed by atoms with Crippen molar-refractivity contribution in [1.82, 2.24) is 21.3 Å². The van der Waals surface area contributed by atoms with Crippen molar-refractivity contribution < 1.29 is 87.6 Å². The van der Waals surface area contributed by atoms with E-state index in [1.54, 1.807) is 78.9 Å². The molecule has 8 atom stereocenters. The highest BCUT2D eigenvalue weighted by atomic mass is 16.7. The molecule has 0 aromatic heterocycles. The van der Waals surface area contributed by atoms with E-state index in [2.05, 4.69) is 26.6 Å². The van der Waals surface area contributed by atoms with Gasteiger partial charge in [-0.15, -0.1) is 0 Å². The minimum atomic E-state index is -2.41. The molecule has 5 aromatic rings. The van der Waals surface area contributed by atoms with Crippen LogP contribution < -0.4 is 37.1 Å². The summed E-state index contributed by atoms with van der Waals surface area (Å²) in [5.41, 5.74) is 4.12. The Labute approximate surface area is 469 Å². The molecular weight excluding hydrogens is 1070 g/mol. The molecule has 1 saturated heterocycles. The van der Waals surface area contributed by atoms with E-state index in [1.807, 2.05) is 6.07 Å². The molecule has 24 heteroatoms. The van der Waals surface area contributed by atoms with Crippen molar-refractivity contribution in [3.8, 4) is 17.2 Å². The Hall–Kier alpha value is -8.78. The third-order valence-corrected chi connectivity index (χ3v) is 14.3. The predicted molar refractivity (Wildman–Crippen MR) is 288 cm³/mol. The molecule has 3 aliphatic rings. The molecule has 0 saturated carbocycles. The zero-order valence-corrected chi connectivity index (χ0v) is 44.5. The molecule has 432 valence electrons. The largest absolute Gasteiger partial charge is 0.507 e. The van der Waals surface area contributed by atoms with Gasteiger partial charge in [0.2, 0.25) is 11.7 Å². The number of alkyl carbamates (subject to hydrolysis) is 2. The Balaban J connectivity index is 0.805. The smallest absolute Gasteiger partial charge is 0.408 e. The summed E-state index contributed by atoms with van der Waals surface area (Å²) in [6.07, 6.45) is -8.14. The van der Waals surface area contributed by atoms with Crippen LogP contribution in [0.15, 0.2) is 103 Å². The van der Waals surface area contributed by atoms with E-state index in [0.29, 0.717) is 11.3 Å². The quantitative estimate of drug-likeness (QED) is 0.0385. The molecular formula is C58H62N6O18. The number of phenolic OH excluding ortho intramolecular Hbond substituents is 2. The summed E-state index contributed by atoms with van der Waals surface area (Å²) in [5.74, 6) is -5.62. The number of urea groups is 1. The maximum absolute atomic E-state index is 14.0. The van der Waals surface area contributed by atoms with Crippen molar-refractivity contribution in [2.24, 2.45) is 5.73 Å². The molecule has 82 heavy (non-hydrogen) atoms. The van der Waals surface area contributed by atoms with E-state index in [0.717, 1.165) is 11.1 Å². The number of phenols is 2. The number of carbonyl (C=O) groups excluding carboxylic acids is 8. The summed E-state index contributed by atoms with van der Waals surface area (Å²) in [6, 6.07) is 24.3. The molecule has 1 heterocycles. The van der Waals surface area contributed by atoms with Gasteiger partial charge in [-0.2, -0.15) is 0 Å². The van der Waals surface area contributed by atoms with E-state index in [4.69, 9.17) is 29.4 Å². The topological polar surface area (TPSA) is 370 Å². The second-order valence-electron chi connectivity index (χ2n) is 20.0. The normalized spacial score (nSPS) is 20.5. The van der Waals surface area contributed by atoms with Crippen LogP contribution in [0.3, 0.4) is 0 Å². The molecule has 1 fully saturated rings. The Morgan fingerprint density at radius 2 is 1.44 bits per heavy atom. The molecule has 24 nitrogen and oxygen atoms in total. The molecule has 5 unspecified atom stereocenters. The number of hydrogen-bond acceptors (Lipinski definition) is 19. The molecule has 0 radical (unpaired) electrons. The number of imide groups is 1. The maximum atomic E-state index is 14.0. The first-order valence-electron chi connectivity index (χ1n) is 26.2. The lowest BCUT2D eigenvalue weighted by atomic mass is 9.72. The number of aliphatic hydroxyl groups excluding tert-OH is 2. The van der Waals surface area contributed by atoms with E-state index < -0.39 is 138 Å². The molecule has 0 spiro atoms. The van der Waals surface area contributed by atoms with Gasteiger partial charge in [0.15, 0.2) is 17.9 Å². The fourth-order valence-corrected chi connectivity index (χ4v) is 9.98. The number of Topliss-reactive ketones (excluding diaryl/α,β-unsaturated/α-hetero) is 1. The third-order valence-electron chi connectivity index (χ3n) is 14.3. The van der Waals surface area contributed by atoms with Crippen molar-refractivity contribution in [2.75, 3.05) is 25.6 Å². The van der Waals surface area contributed by atoms with Crippen LogP contribution in [-0.4, -0.2) is 135 Å². The van der Waals surface area contributed by atoms with Crippen LogP contribution in [0.4, 0.5) is 20.1 Å². The Morgan fingerprint density at radius 1 is 0.793 bits per heavy atom. The van der Waals surface area contributed by atoms with Gasteiger partial charge in [-0.25, -0.2) is 14.4 Å². The van der Waals surface area contributed by atoms with Crippen molar-refractivity contribution in [2.45, 2.75) is 107 Å². The van der Waals surface area contributed by atoms with Crippen molar-refractivity contribution in [1.29, 1.82) is 0 Å². The molecule has 5 aromatic carbocycles. The number of carbonyl (C=O) groups is 8. The molecule has 6 amide bonds. The number of nitrogens with two attached hydrogens (primary N) is 1. The third kappa shape index (κ3) is 13.7. The van der Waals surface area contributed by atoms with Gasteiger partial charge in [-0.1, -0.05) is 84.9 Å². The summed E-state index contributed by atoms with van der Waals surface area (Å²) >= 11 is 0. The molecule has 12 N–H and O–H groups in total. The first-order valence-corrected chi connectivity index (χ1v) is 26.2. The van der Waals surface area contributed by atoms with Crippen LogP contribution in [0, 0.1) is 0 Å². The number of nitrogens with one attached hydrogen (secondary N) is 5. The Kier molecular flexibility index (Phi) is 19.0. The number of fused-ring (bicyclic) bond motifs is 3. The number of ether oxygens (including phenoxy) is 5. The highest BCUT2D eigenvalue weighted by Crippen LogP contribution is 2.52. The van der Waals surface area contributed by atoms with Gasteiger partial charge in [0.25, 0.3) is 5.91 Å². The number of aliphatic hydroxyl groups is 3. The van der Waals surface area contributed by atoms with Gasteiger partial charge in [0.05, 0.1) is 48.1 Å². The average Bonchev–Trinajstić information content (AvgIpc) is 3.64. The zero-order valence-electron chi connectivity index (χ0n) is 44.5. The van der Waals surface area contributed by atoms with E-state index >= 15 is 0 Å². The number of amides is 6. The van der Waals surface area contributed by atoms with Crippen LogP contribution in [0.25, 0.3) is 0 Å². The molecule has 8 rings (SSSR count). The summed E-state index contributed by atoms with van der Waals surface area (Å²) in [5, 5.41) is 68.7. The van der Waals surface area contributed by atoms with Gasteiger partial charge in [-0.05, 0) is 54.7 Å². The van der Waals surface area contributed by atoms with Crippen LogP contribution in [0.2, 0.25) is 0 Å².